The molecular formula is C34H25FN4O5. The summed E-state index contributed by atoms with van der Waals surface area (Å²) < 4.78 is 24.6. The Morgan fingerprint density at radius 2 is 1.66 bits per heavy atom. The van der Waals surface area contributed by atoms with Crippen LogP contribution in [0.25, 0.3) is 11.0 Å². The molecule has 6 rings (SSSR count). The second-order valence-corrected chi connectivity index (χ2v) is 10.4. The number of amides is 2. The molecule has 0 unspecified atom stereocenters. The number of fused-ring (bicyclic) bond motifs is 1. The van der Waals surface area contributed by atoms with Gasteiger partial charge in [0.1, 0.15) is 17.1 Å². The molecule has 10 heteroatoms. The number of ketones is 1. The zero-order valence-corrected chi connectivity index (χ0v) is 23.3. The number of piperidine rings is 1. The number of halogens is 1. The first-order valence-corrected chi connectivity index (χ1v) is 13.9. The van der Waals surface area contributed by atoms with Crippen LogP contribution in [-0.2, 0) is 0 Å². The minimum atomic E-state index is -0.482. The number of carbonyl (C=O) groups is 3. The van der Waals surface area contributed by atoms with Gasteiger partial charge in [0.2, 0.25) is 5.88 Å². The van der Waals surface area contributed by atoms with E-state index in [1.165, 1.54) is 30.5 Å². The van der Waals surface area contributed by atoms with Crippen LogP contribution in [-0.4, -0.2) is 40.6 Å². The fourth-order valence-corrected chi connectivity index (χ4v) is 5.09. The average molecular weight is 589 g/mol. The number of rotatable bonds is 7. The van der Waals surface area contributed by atoms with Gasteiger partial charge in [0.05, 0.1) is 23.5 Å². The monoisotopic (exact) mass is 588 g/mol. The van der Waals surface area contributed by atoms with Gasteiger partial charge in [0, 0.05) is 41.6 Å². The van der Waals surface area contributed by atoms with Crippen molar-refractivity contribution >= 4 is 34.3 Å². The van der Waals surface area contributed by atoms with Crippen LogP contribution < -0.4 is 10.1 Å². The van der Waals surface area contributed by atoms with E-state index in [4.69, 9.17) is 14.4 Å². The molecule has 1 aliphatic rings. The van der Waals surface area contributed by atoms with Gasteiger partial charge in [-0.05, 0) is 91.7 Å². The molecule has 0 radical (unpaired) electrons. The molecule has 9 nitrogen and oxygen atoms in total. The number of benzene rings is 3. The number of carbonyl (C=O) groups excluding carboxylic acids is 3. The summed E-state index contributed by atoms with van der Waals surface area (Å²) in [5.41, 5.74) is 2.34. The molecule has 1 aliphatic heterocycles. The second-order valence-electron chi connectivity index (χ2n) is 10.4. The number of nitrogens with one attached hydrogen (secondary N) is 1. The van der Waals surface area contributed by atoms with E-state index in [9.17, 15) is 18.8 Å². The summed E-state index contributed by atoms with van der Waals surface area (Å²) in [6.07, 6.45) is 2.50. The average Bonchev–Trinajstić information content (AvgIpc) is 3.50. The van der Waals surface area contributed by atoms with Crippen molar-refractivity contribution in [2.45, 2.75) is 12.8 Å². The minimum Gasteiger partial charge on any atom is -0.451 e. The molecule has 3 aromatic carbocycles. The molecule has 44 heavy (non-hydrogen) atoms. The van der Waals surface area contributed by atoms with Gasteiger partial charge >= 0.3 is 0 Å². The highest BCUT2D eigenvalue weighted by molar-refractivity contribution is 6.05. The molecule has 1 fully saturated rings. The Hall–Kier alpha value is -5.82. The predicted octanol–water partition coefficient (Wildman–Crippen LogP) is 6.62. The molecule has 5 aromatic rings. The molecule has 2 amide bonds. The van der Waals surface area contributed by atoms with E-state index in [-0.39, 0.29) is 29.2 Å². The van der Waals surface area contributed by atoms with Gasteiger partial charge in [-0.1, -0.05) is 0 Å². The van der Waals surface area contributed by atoms with Crippen molar-refractivity contribution in [3.05, 3.63) is 119 Å². The summed E-state index contributed by atoms with van der Waals surface area (Å²) in [6, 6.07) is 24.0. The van der Waals surface area contributed by atoms with Crippen molar-refractivity contribution in [2.24, 2.45) is 5.92 Å². The predicted molar refractivity (Wildman–Crippen MR) is 159 cm³/mol. The van der Waals surface area contributed by atoms with Gasteiger partial charge in [-0.3, -0.25) is 14.4 Å². The number of aromatic nitrogens is 1. The fourth-order valence-electron chi connectivity index (χ4n) is 5.09. The molecular weight excluding hydrogens is 563 g/mol. The summed E-state index contributed by atoms with van der Waals surface area (Å²) in [5.74, 6) is -0.380. The van der Waals surface area contributed by atoms with Crippen molar-refractivity contribution in [2.75, 3.05) is 18.4 Å². The topological polar surface area (TPSA) is 126 Å². The lowest BCUT2D eigenvalue weighted by Gasteiger charge is -2.31. The number of nitriles is 1. The van der Waals surface area contributed by atoms with Gasteiger partial charge in [-0.15, -0.1) is 0 Å². The number of furan rings is 1. The van der Waals surface area contributed by atoms with E-state index < -0.39 is 5.91 Å². The lowest BCUT2D eigenvalue weighted by molar-refractivity contribution is 0.0650. The van der Waals surface area contributed by atoms with E-state index in [2.05, 4.69) is 10.3 Å². The summed E-state index contributed by atoms with van der Waals surface area (Å²) in [5, 5.41) is 12.2. The number of likely N-dealkylation sites (tertiary alicyclic amines) is 1. The molecule has 1 N–H and O–H groups in total. The van der Waals surface area contributed by atoms with E-state index in [0.29, 0.717) is 70.9 Å². The van der Waals surface area contributed by atoms with Crippen LogP contribution in [0.5, 0.6) is 11.6 Å². The third kappa shape index (κ3) is 6.17. The number of hydrogen-bond donors (Lipinski definition) is 1. The van der Waals surface area contributed by atoms with Crippen molar-refractivity contribution in [1.29, 1.82) is 5.26 Å². The maximum atomic E-state index is 13.2. The third-order valence-corrected chi connectivity index (χ3v) is 7.47. The van der Waals surface area contributed by atoms with Gasteiger partial charge in [0.15, 0.2) is 11.5 Å². The Morgan fingerprint density at radius 1 is 0.932 bits per heavy atom. The molecule has 0 atom stereocenters. The van der Waals surface area contributed by atoms with Crippen molar-refractivity contribution < 1.29 is 27.9 Å². The number of pyridine rings is 1. The first-order valence-electron chi connectivity index (χ1n) is 13.9. The lowest BCUT2D eigenvalue weighted by atomic mass is 9.88. The maximum absolute atomic E-state index is 13.2. The molecule has 0 saturated carbocycles. The van der Waals surface area contributed by atoms with Crippen LogP contribution in [0.1, 0.15) is 49.7 Å². The number of ether oxygens (including phenoxy) is 1. The standard InChI is InChI=1S/C34H25FN4O5/c35-26-6-3-22(4-7-26)32(40)23-13-15-39(16-14-23)34(42)24-5-11-29-25(17-24)18-30(44-29)33(41)38-27-8-12-31(37-20-27)43-28-9-1-21(19-36)2-10-28/h1-12,17-18,20,23H,13-16H2,(H,38,41). The summed E-state index contributed by atoms with van der Waals surface area (Å²) >= 11 is 0. The summed E-state index contributed by atoms with van der Waals surface area (Å²) in [7, 11) is 0. The van der Waals surface area contributed by atoms with Crippen LogP contribution in [0.3, 0.4) is 0 Å². The minimum absolute atomic E-state index is 0.0362. The fraction of sp³-hybridized carbons (Fsp3) is 0.147. The lowest BCUT2D eigenvalue weighted by Crippen LogP contribution is -2.40. The third-order valence-electron chi connectivity index (χ3n) is 7.47. The van der Waals surface area contributed by atoms with Crippen LogP contribution in [0.4, 0.5) is 10.1 Å². The Bertz CT molecular complexity index is 1890. The molecule has 2 aromatic heterocycles. The normalized spacial score (nSPS) is 13.3. The zero-order valence-electron chi connectivity index (χ0n) is 23.3. The Kier molecular flexibility index (Phi) is 7.84. The molecule has 0 bridgehead atoms. The number of Topliss-reactive ketones (excluding diaryl/α,β-unsaturated/α-hetero) is 1. The highest BCUT2D eigenvalue weighted by Gasteiger charge is 2.28. The maximum Gasteiger partial charge on any atom is 0.291 e. The van der Waals surface area contributed by atoms with Crippen molar-refractivity contribution in [1.82, 2.24) is 9.88 Å². The van der Waals surface area contributed by atoms with Crippen LogP contribution in [0, 0.1) is 23.1 Å². The molecule has 0 aliphatic carbocycles. The van der Waals surface area contributed by atoms with E-state index >= 15 is 0 Å². The van der Waals surface area contributed by atoms with Crippen molar-refractivity contribution in [3.63, 3.8) is 0 Å². The first-order chi connectivity index (χ1) is 21.4. The van der Waals surface area contributed by atoms with E-state index in [1.807, 2.05) is 6.07 Å². The molecule has 0 spiro atoms. The first kappa shape index (κ1) is 28.3. The van der Waals surface area contributed by atoms with Gasteiger partial charge in [-0.25, -0.2) is 9.37 Å². The highest BCUT2D eigenvalue weighted by Crippen LogP contribution is 2.27. The number of anilines is 1. The van der Waals surface area contributed by atoms with Gasteiger partial charge in [-0.2, -0.15) is 5.26 Å². The Balaban J connectivity index is 1.06. The van der Waals surface area contributed by atoms with Gasteiger partial charge in [0.25, 0.3) is 11.8 Å². The summed E-state index contributed by atoms with van der Waals surface area (Å²) in [4.78, 5) is 44.8. The Morgan fingerprint density at radius 3 is 2.34 bits per heavy atom. The molecule has 218 valence electrons. The molecule has 1 saturated heterocycles. The SMILES string of the molecule is N#Cc1ccc(Oc2ccc(NC(=O)c3cc4cc(C(=O)N5CCC(C(=O)c6ccc(F)cc6)CC5)ccc4o3)cn2)cc1. The van der Waals surface area contributed by atoms with E-state index in [1.54, 1.807) is 65.6 Å². The van der Waals surface area contributed by atoms with E-state index in [0.717, 1.165) is 0 Å². The summed E-state index contributed by atoms with van der Waals surface area (Å²) in [6.45, 7) is 0.859. The Labute approximate surface area is 251 Å². The van der Waals surface area contributed by atoms with Crippen molar-refractivity contribution in [3.8, 4) is 17.7 Å². The number of hydrogen-bond acceptors (Lipinski definition) is 7. The second kappa shape index (κ2) is 12.2. The largest absolute Gasteiger partial charge is 0.451 e. The number of nitrogens with zero attached hydrogens (tertiary/aromatic N) is 3. The van der Waals surface area contributed by atoms with Crippen LogP contribution >= 0.6 is 0 Å². The molecule has 3 heterocycles. The zero-order chi connectivity index (χ0) is 30.6. The quantitative estimate of drug-likeness (QED) is 0.212. The van der Waals surface area contributed by atoms with Crippen LogP contribution in [0.15, 0.2) is 95.5 Å². The highest BCUT2D eigenvalue weighted by atomic mass is 19.1. The smallest absolute Gasteiger partial charge is 0.291 e. The van der Waals surface area contributed by atoms with Crippen LogP contribution in [0.2, 0.25) is 0 Å². The van der Waals surface area contributed by atoms with Gasteiger partial charge < -0.3 is 19.4 Å².